The van der Waals surface area contributed by atoms with Crippen LogP contribution in [0.3, 0.4) is 0 Å². The summed E-state index contributed by atoms with van der Waals surface area (Å²) < 4.78 is 25.0. The third-order valence-electron chi connectivity index (χ3n) is 6.74. The number of Topliss-reactive ketones (excluding diaryl/α,β-unsaturated/α-hetero) is 1. The number of likely N-dealkylation sites (tertiary alicyclic amines) is 1. The maximum Gasteiger partial charge on any atom is 0.295 e. The monoisotopic (exact) mass is 525 g/mol. The van der Waals surface area contributed by atoms with Crippen LogP contribution in [0.2, 0.25) is 0 Å². The number of carbonyl (C=O) groups is 2. The van der Waals surface area contributed by atoms with Crippen molar-refractivity contribution < 1.29 is 28.6 Å². The van der Waals surface area contributed by atoms with Gasteiger partial charge in [0.2, 0.25) is 0 Å². The average molecular weight is 526 g/mol. The van der Waals surface area contributed by atoms with Gasteiger partial charge in [-0.05, 0) is 60.0 Å². The summed E-state index contributed by atoms with van der Waals surface area (Å²) in [7, 11) is 0. The molecule has 0 saturated carbocycles. The van der Waals surface area contributed by atoms with E-state index in [0.29, 0.717) is 35.8 Å². The lowest BCUT2D eigenvalue weighted by molar-refractivity contribution is -0.140. The largest absolute Gasteiger partial charge is 0.507 e. The zero-order valence-corrected chi connectivity index (χ0v) is 21.7. The van der Waals surface area contributed by atoms with E-state index in [1.165, 1.54) is 17.0 Å². The first kappa shape index (κ1) is 26.0. The Balaban J connectivity index is 1.72. The highest BCUT2D eigenvalue weighted by Gasteiger charge is 2.46. The molecule has 1 heterocycles. The molecule has 1 aliphatic heterocycles. The summed E-state index contributed by atoms with van der Waals surface area (Å²) in [4.78, 5) is 28.5. The van der Waals surface area contributed by atoms with Gasteiger partial charge in [0.15, 0.2) is 0 Å². The van der Waals surface area contributed by atoms with Crippen molar-refractivity contribution in [1.82, 2.24) is 4.90 Å². The number of hydrogen-bond donors (Lipinski definition) is 1. The van der Waals surface area contributed by atoms with Crippen LogP contribution in [0.1, 0.15) is 36.6 Å². The Hall–Kier alpha value is -4.65. The molecule has 1 unspecified atom stereocenters. The smallest absolute Gasteiger partial charge is 0.295 e. The number of ketones is 1. The highest BCUT2D eigenvalue weighted by atomic mass is 19.1. The minimum absolute atomic E-state index is 0.0384. The van der Waals surface area contributed by atoms with E-state index in [0.717, 1.165) is 10.8 Å². The summed E-state index contributed by atoms with van der Waals surface area (Å²) in [6.45, 7) is 4.50. The second-order valence-corrected chi connectivity index (χ2v) is 9.15. The molecular formula is C32H28FNO5. The van der Waals surface area contributed by atoms with E-state index in [2.05, 4.69) is 0 Å². The van der Waals surface area contributed by atoms with Crippen molar-refractivity contribution in [2.24, 2.45) is 0 Å². The molecule has 1 N–H and O–H groups in total. The second kappa shape index (κ2) is 11.0. The van der Waals surface area contributed by atoms with Crippen molar-refractivity contribution >= 4 is 28.2 Å². The van der Waals surface area contributed by atoms with Crippen molar-refractivity contribution in [2.75, 3.05) is 13.2 Å². The van der Waals surface area contributed by atoms with Crippen LogP contribution in [-0.2, 0) is 16.1 Å². The number of ether oxygens (including phenoxy) is 2. The van der Waals surface area contributed by atoms with Crippen molar-refractivity contribution in [2.45, 2.75) is 26.4 Å². The van der Waals surface area contributed by atoms with Gasteiger partial charge in [0.1, 0.15) is 23.1 Å². The molecule has 1 saturated heterocycles. The fourth-order valence-electron chi connectivity index (χ4n) is 5.02. The molecule has 4 aromatic rings. The number of carbonyl (C=O) groups excluding carboxylic acids is 2. The number of aliphatic hydroxyl groups excluding tert-OH is 1. The van der Waals surface area contributed by atoms with Crippen LogP contribution in [-0.4, -0.2) is 34.9 Å². The third-order valence-corrected chi connectivity index (χ3v) is 6.74. The fraction of sp³-hybridized carbons (Fsp3) is 0.188. The lowest BCUT2D eigenvalue weighted by atomic mass is 9.91. The van der Waals surface area contributed by atoms with Crippen LogP contribution in [0.25, 0.3) is 16.5 Å². The lowest BCUT2D eigenvalue weighted by Crippen LogP contribution is -2.29. The molecule has 0 aliphatic carbocycles. The average Bonchev–Trinajstić information content (AvgIpc) is 3.19. The molecule has 1 amide bonds. The molecule has 7 heteroatoms. The van der Waals surface area contributed by atoms with E-state index in [4.69, 9.17) is 9.47 Å². The van der Waals surface area contributed by atoms with Crippen LogP contribution in [0, 0.1) is 5.82 Å². The molecule has 39 heavy (non-hydrogen) atoms. The molecule has 0 radical (unpaired) electrons. The minimum Gasteiger partial charge on any atom is -0.507 e. The van der Waals surface area contributed by atoms with Crippen LogP contribution in [0.15, 0.2) is 90.5 Å². The van der Waals surface area contributed by atoms with Crippen molar-refractivity contribution in [3.8, 4) is 11.5 Å². The van der Waals surface area contributed by atoms with Crippen LogP contribution >= 0.6 is 0 Å². The van der Waals surface area contributed by atoms with Gasteiger partial charge in [-0.25, -0.2) is 4.39 Å². The van der Waals surface area contributed by atoms with Crippen LogP contribution < -0.4 is 9.47 Å². The first-order valence-corrected chi connectivity index (χ1v) is 12.8. The first-order chi connectivity index (χ1) is 18.9. The Kier molecular flexibility index (Phi) is 7.32. The maximum absolute atomic E-state index is 13.6. The summed E-state index contributed by atoms with van der Waals surface area (Å²) in [6.07, 6.45) is 0. The first-order valence-electron chi connectivity index (χ1n) is 12.8. The van der Waals surface area contributed by atoms with Crippen molar-refractivity contribution in [3.63, 3.8) is 0 Å². The molecule has 0 aromatic heterocycles. The molecular weight excluding hydrogens is 497 g/mol. The maximum atomic E-state index is 13.6. The van der Waals surface area contributed by atoms with Gasteiger partial charge in [0.25, 0.3) is 11.7 Å². The predicted molar refractivity (Wildman–Crippen MR) is 147 cm³/mol. The van der Waals surface area contributed by atoms with Gasteiger partial charge in [0, 0.05) is 12.6 Å². The van der Waals surface area contributed by atoms with Crippen LogP contribution in [0.4, 0.5) is 4.39 Å². The molecule has 0 spiro atoms. The molecule has 0 bridgehead atoms. The molecule has 1 fully saturated rings. The van der Waals surface area contributed by atoms with E-state index in [-0.39, 0.29) is 23.4 Å². The van der Waals surface area contributed by atoms with Gasteiger partial charge in [-0.3, -0.25) is 9.59 Å². The third kappa shape index (κ3) is 4.95. The SMILES string of the molecule is CCOc1ccc(/C(O)=C2\C(=O)C(=O)N(Cc3ccc(F)cc3)C2c2cccc3ccccc23)c(OCC)c1. The molecule has 198 valence electrons. The number of rotatable bonds is 8. The van der Waals surface area contributed by atoms with E-state index in [1.54, 1.807) is 30.3 Å². The van der Waals surface area contributed by atoms with E-state index in [1.807, 2.05) is 56.3 Å². The number of hydrogen-bond acceptors (Lipinski definition) is 5. The quantitative estimate of drug-likeness (QED) is 0.164. The van der Waals surface area contributed by atoms with Gasteiger partial charge in [-0.1, -0.05) is 54.6 Å². The Morgan fingerprint density at radius 2 is 1.62 bits per heavy atom. The summed E-state index contributed by atoms with van der Waals surface area (Å²) in [6, 6.07) is 23.2. The zero-order chi connectivity index (χ0) is 27.5. The Bertz CT molecular complexity index is 1570. The number of amides is 1. The number of nitrogens with zero attached hydrogens (tertiary/aromatic N) is 1. The molecule has 6 nitrogen and oxygen atoms in total. The highest BCUT2D eigenvalue weighted by molar-refractivity contribution is 6.46. The number of benzene rings is 4. The number of fused-ring (bicyclic) bond motifs is 1. The fourth-order valence-corrected chi connectivity index (χ4v) is 5.02. The Labute approximate surface area is 225 Å². The molecule has 1 aliphatic rings. The normalized spacial score (nSPS) is 16.6. The van der Waals surface area contributed by atoms with Crippen molar-refractivity contribution in [1.29, 1.82) is 0 Å². The predicted octanol–water partition coefficient (Wildman–Crippen LogP) is 6.40. The Morgan fingerprint density at radius 3 is 2.36 bits per heavy atom. The van der Waals surface area contributed by atoms with Gasteiger partial charge in [-0.15, -0.1) is 0 Å². The van der Waals surface area contributed by atoms with Gasteiger partial charge >= 0.3 is 0 Å². The summed E-state index contributed by atoms with van der Waals surface area (Å²) in [5.74, 6) is -1.39. The molecule has 1 atom stereocenters. The second-order valence-electron chi connectivity index (χ2n) is 9.15. The lowest BCUT2D eigenvalue weighted by Gasteiger charge is -2.26. The summed E-state index contributed by atoms with van der Waals surface area (Å²) in [5, 5.41) is 13.4. The van der Waals surface area contributed by atoms with Gasteiger partial charge in [0.05, 0.1) is 30.4 Å². The number of aliphatic hydroxyl groups is 1. The van der Waals surface area contributed by atoms with E-state index in [9.17, 15) is 19.1 Å². The molecule has 5 rings (SSSR count). The Morgan fingerprint density at radius 1 is 0.897 bits per heavy atom. The minimum atomic E-state index is -0.887. The summed E-state index contributed by atoms with van der Waals surface area (Å²) >= 11 is 0. The van der Waals surface area contributed by atoms with Gasteiger partial charge in [-0.2, -0.15) is 0 Å². The standard InChI is InChI=1S/C32H28FNO5/c1-3-38-23-16-17-26(27(18-23)39-4-2)30(35)28-29(25-11-7-9-21-8-5-6-10-24(21)25)34(32(37)31(28)36)19-20-12-14-22(33)15-13-20/h5-18,29,35H,3-4,19H2,1-2H3/b30-28+. The number of halogens is 1. The van der Waals surface area contributed by atoms with Crippen molar-refractivity contribution in [3.05, 3.63) is 113 Å². The van der Waals surface area contributed by atoms with Gasteiger partial charge < -0.3 is 19.5 Å². The van der Waals surface area contributed by atoms with Crippen LogP contribution in [0.5, 0.6) is 11.5 Å². The van der Waals surface area contributed by atoms with E-state index >= 15 is 0 Å². The topological polar surface area (TPSA) is 76.1 Å². The van der Waals surface area contributed by atoms with E-state index < -0.39 is 23.5 Å². The summed E-state index contributed by atoms with van der Waals surface area (Å²) in [5.41, 5.74) is 1.59. The highest BCUT2D eigenvalue weighted by Crippen LogP contribution is 2.44. The molecule has 4 aromatic carbocycles. The zero-order valence-electron chi connectivity index (χ0n) is 21.7.